The molecule has 0 bridgehead atoms. The molecule has 142 valence electrons. The van der Waals surface area contributed by atoms with E-state index in [1.165, 1.54) is 0 Å². The molecule has 0 spiro atoms. The molecule has 2 aliphatic heterocycles. The minimum absolute atomic E-state index is 0. The van der Waals surface area contributed by atoms with Gasteiger partial charge >= 0.3 is 0 Å². The summed E-state index contributed by atoms with van der Waals surface area (Å²) < 4.78 is 4.90. The number of hydrogen-bond acceptors (Lipinski definition) is 6. The van der Waals surface area contributed by atoms with Gasteiger partial charge < -0.3 is 19.8 Å². The van der Waals surface area contributed by atoms with Crippen LogP contribution in [0.2, 0.25) is 0 Å². The van der Waals surface area contributed by atoms with Crippen LogP contribution in [0.15, 0.2) is 21.8 Å². The van der Waals surface area contributed by atoms with Gasteiger partial charge in [0.2, 0.25) is 0 Å². The maximum absolute atomic E-state index is 10.5. The van der Waals surface area contributed by atoms with E-state index < -0.39 is 5.60 Å². The monoisotopic (exact) mass is 481 g/mol. The summed E-state index contributed by atoms with van der Waals surface area (Å²) in [7, 11) is 0. The van der Waals surface area contributed by atoms with Gasteiger partial charge in [0.05, 0.1) is 17.8 Å². The van der Waals surface area contributed by atoms with Gasteiger partial charge in [-0.05, 0) is 19.1 Å². The first-order valence-electron chi connectivity index (χ1n) is 8.63. The van der Waals surface area contributed by atoms with Crippen molar-refractivity contribution in [2.75, 3.05) is 50.8 Å². The zero-order valence-corrected chi connectivity index (χ0v) is 17.8. The highest BCUT2D eigenvalue weighted by Gasteiger charge is 2.32. The third-order valence-electron chi connectivity index (χ3n) is 4.49. The number of piperazine rings is 1. The summed E-state index contributed by atoms with van der Waals surface area (Å²) in [6.45, 7) is 8.03. The van der Waals surface area contributed by atoms with E-state index in [1.807, 2.05) is 17.8 Å². The first kappa shape index (κ1) is 20.8. The molecule has 0 aromatic carbocycles. The van der Waals surface area contributed by atoms with Gasteiger partial charge in [0.15, 0.2) is 5.96 Å². The molecule has 2 N–H and O–H groups in total. The first-order valence-corrected chi connectivity index (χ1v) is 9.79. The van der Waals surface area contributed by atoms with E-state index >= 15 is 0 Å². The number of nitrogens with zero attached hydrogens (tertiary/aromatic N) is 4. The van der Waals surface area contributed by atoms with Crippen molar-refractivity contribution in [2.45, 2.75) is 25.5 Å². The molecule has 0 aliphatic carbocycles. The van der Waals surface area contributed by atoms with E-state index in [2.05, 4.69) is 27.2 Å². The highest BCUT2D eigenvalue weighted by atomic mass is 127. The van der Waals surface area contributed by atoms with Crippen LogP contribution in [0.25, 0.3) is 0 Å². The molecular formula is C16H28IN5O2S. The molecule has 0 radical (unpaired) electrons. The molecule has 1 aromatic rings. The Morgan fingerprint density at radius 2 is 2.24 bits per heavy atom. The summed E-state index contributed by atoms with van der Waals surface area (Å²) in [4.78, 5) is 9.37. The number of halogens is 1. The molecule has 1 aromatic heterocycles. The summed E-state index contributed by atoms with van der Waals surface area (Å²) in [5, 5.41) is 17.8. The van der Waals surface area contributed by atoms with Crippen molar-refractivity contribution in [1.29, 1.82) is 0 Å². The maximum atomic E-state index is 10.5. The number of hydrogen-bond donors (Lipinski definition) is 2. The zero-order chi connectivity index (χ0) is 16.8. The third-order valence-corrected chi connectivity index (χ3v) is 5.72. The Hall–Kier alpha value is -0.520. The van der Waals surface area contributed by atoms with Crippen molar-refractivity contribution in [3.63, 3.8) is 0 Å². The van der Waals surface area contributed by atoms with Crippen molar-refractivity contribution in [1.82, 2.24) is 20.3 Å². The molecule has 1 atom stereocenters. The van der Waals surface area contributed by atoms with Crippen LogP contribution in [0.4, 0.5) is 0 Å². The molecule has 1 unspecified atom stereocenters. The quantitative estimate of drug-likeness (QED) is 0.373. The summed E-state index contributed by atoms with van der Waals surface area (Å²) in [6, 6.07) is 1.91. The van der Waals surface area contributed by atoms with E-state index in [0.29, 0.717) is 6.54 Å². The van der Waals surface area contributed by atoms with Gasteiger partial charge in [-0.3, -0.25) is 9.89 Å². The number of thioether (sulfide) groups is 1. The van der Waals surface area contributed by atoms with Crippen LogP contribution in [-0.2, 0) is 6.54 Å². The third kappa shape index (κ3) is 6.00. The standard InChI is InChI=1S/C16H27N5O2S.HI/c1-2-17-15(18-12-16(22)4-10-24-13-16)21-7-5-20(6-8-21)11-14-3-9-23-19-14;/h3,9,22H,2,4-8,10-13H2,1H3,(H,17,18);1H. The highest BCUT2D eigenvalue weighted by Crippen LogP contribution is 2.28. The van der Waals surface area contributed by atoms with E-state index in [-0.39, 0.29) is 24.0 Å². The molecule has 7 nitrogen and oxygen atoms in total. The Balaban J connectivity index is 0.00000225. The SMILES string of the molecule is CCNC(=NCC1(O)CCSC1)N1CCN(Cc2ccon2)CC1.I. The Kier molecular flexibility index (Phi) is 8.30. The predicted molar refractivity (Wildman–Crippen MR) is 112 cm³/mol. The lowest BCUT2D eigenvalue weighted by Gasteiger charge is -2.36. The molecule has 3 heterocycles. The molecule has 3 rings (SSSR count). The summed E-state index contributed by atoms with van der Waals surface area (Å²) in [6.07, 6.45) is 2.46. The minimum Gasteiger partial charge on any atom is -0.387 e. The van der Waals surface area contributed by atoms with Crippen molar-refractivity contribution in [2.24, 2.45) is 4.99 Å². The van der Waals surface area contributed by atoms with E-state index in [1.54, 1.807) is 6.26 Å². The molecule has 9 heteroatoms. The van der Waals surface area contributed by atoms with Crippen LogP contribution in [0.5, 0.6) is 0 Å². The molecule has 2 saturated heterocycles. The first-order chi connectivity index (χ1) is 11.7. The fourth-order valence-corrected chi connectivity index (χ4v) is 4.32. The fourth-order valence-electron chi connectivity index (χ4n) is 3.04. The Bertz CT molecular complexity index is 529. The van der Waals surface area contributed by atoms with Gasteiger partial charge in [-0.15, -0.1) is 24.0 Å². The Labute approximate surface area is 170 Å². The number of guanidine groups is 1. The lowest BCUT2D eigenvalue weighted by Crippen LogP contribution is -2.52. The van der Waals surface area contributed by atoms with Crippen molar-refractivity contribution in [3.8, 4) is 0 Å². The number of aromatic nitrogens is 1. The largest absolute Gasteiger partial charge is 0.387 e. The zero-order valence-electron chi connectivity index (χ0n) is 14.7. The molecule has 0 saturated carbocycles. The maximum Gasteiger partial charge on any atom is 0.194 e. The number of nitrogens with one attached hydrogen (secondary N) is 1. The number of aliphatic hydroxyl groups is 1. The number of aliphatic imine (C=N–C) groups is 1. The molecule has 2 fully saturated rings. The summed E-state index contributed by atoms with van der Waals surface area (Å²) >= 11 is 1.81. The second-order valence-corrected chi connectivity index (χ2v) is 7.56. The van der Waals surface area contributed by atoms with Crippen molar-refractivity contribution < 1.29 is 9.63 Å². The van der Waals surface area contributed by atoms with Gasteiger partial charge in [0, 0.05) is 51.1 Å². The lowest BCUT2D eigenvalue weighted by molar-refractivity contribution is 0.0773. The van der Waals surface area contributed by atoms with Crippen LogP contribution in [0.1, 0.15) is 19.0 Å². The van der Waals surface area contributed by atoms with Gasteiger partial charge in [0.25, 0.3) is 0 Å². The minimum atomic E-state index is -0.625. The smallest absolute Gasteiger partial charge is 0.194 e. The molecule has 2 aliphatic rings. The van der Waals surface area contributed by atoms with Crippen LogP contribution in [0.3, 0.4) is 0 Å². The average Bonchev–Trinajstić information content (AvgIpc) is 3.25. The average molecular weight is 481 g/mol. The van der Waals surface area contributed by atoms with E-state index in [0.717, 1.165) is 68.8 Å². The topological polar surface area (TPSA) is 77.1 Å². The lowest BCUT2D eigenvalue weighted by atomic mass is 10.0. The van der Waals surface area contributed by atoms with Crippen molar-refractivity contribution >= 4 is 41.7 Å². The Morgan fingerprint density at radius 3 is 2.84 bits per heavy atom. The van der Waals surface area contributed by atoms with Crippen LogP contribution in [0, 0.1) is 0 Å². The van der Waals surface area contributed by atoms with E-state index in [9.17, 15) is 5.11 Å². The number of rotatable bonds is 5. The van der Waals surface area contributed by atoms with Crippen LogP contribution >= 0.6 is 35.7 Å². The van der Waals surface area contributed by atoms with Crippen LogP contribution in [-0.4, -0.2) is 82.4 Å². The molecule has 25 heavy (non-hydrogen) atoms. The van der Waals surface area contributed by atoms with Gasteiger partial charge in [0.1, 0.15) is 6.26 Å². The van der Waals surface area contributed by atoms with Crippen molar-refractivity contribution in [3.05, 3.63) is 18.0 Å². The second kappa shape index (κ2) is 9.98. The normalized spacial score (nSPS) is 25.0. The van der Waals surface area contributed by atoms with Gasteiger partial charge in [-0.1, -0.05) is 5.16 Å². The van der Waals surface area contributed by atoms with Gasteiger partial charge in [-0.25, -0.2) is 0 Å². The Morgan fingerprint density at radius 1 is 1.44 bits per heavy atom. The predicted octanol–water partition coefficient (Wildman–Crippen LogP) is 1.24. The van der Waals surface area contributed by atoms with Crippen LogP contribution < -0.4 is 5.32 Å². The fraction of sp³-hybridized carbons (Fsp3) is 0.750. The highest BCUT2D eigenvalue weighted by molar-refractivity contribution is 14.0. The van der Waals surface area contributed by atoms with E-state index in [4.69, 9.17) is 9.52 Å². The second-order valence-electron chi connectivity index (χ2n) is 6.45. The molecule has 0 amide bonds. The van der Waals surface area contributed by atoms with Gasteiger partial charge in [-0.2, -0.15) is 11.8 Å². The summed E-state index contributed by atoms with van der Waals surface area (Å²) in [5.41, 5.74) is 0.352. The molecular weight excluding hydrogens is 453 g/mol. The summed E-state index contributed by atoms with van der Waals surface area (Å²) in [5.74, 6) is 2.74.